The van der Waals surface area contributed by atoms with Crippen molar-refractivity contribution >= 4 is 47.2 Å². The van der Waals surface area contributed by atoms with Gasteiger partial charge in [0.2, 0.25) is 18.1 Å². The molecule has 0 aromatic heterocycles. The summed E-state index contributed by atoms with van der Waals surface area (Å²) in [7, 11) is 0. The number of carbonyl (C=O) groups excluding carboxylic acids is 2. The maximum absolute atomic E-state index is 11.1. The van der Waals surface area contributed by atoms with E-state index in [1.807, 2.05) is 13.8 Å². The number of carboxylic acids is 4. The summed E-state index contributed by atoms with van der Waals surface area (Å²) in [5.74, 6) is -6.21. The number of ketones is 2. The highest BCUT2D eigenvalue weighted by Crippen LogP contribution is 2.28. The Morgan fingerprint density at radius 2 is 0.725 bits per heavy atom. The lowest BCUT2D eigenvalue weighted by Gasteiger charge is -2.21. The molecule has 0 radical (unpaired) electrons. The number of rotatable bonds is 33. The lowest BCUT2D eigenvalue weighted by atomic mass is 9.87. The number of carboxylic acid groups (broad SMARTS) is 4. The van der Waals surface area contributed by atoms with Gasteiger partial charge in [-0.05, 0) is 95.8 Å². The molecule has 9 unspecified atom stereocenters. The zero-order chi connectivity index (χ0) is 54.5. The van der Waals surface area contributed by atoms with Gasteiger partial charge in [0.15, 0.2) is 0 Å². The molecule has 0 aliphatic heterocycles. The maximum Gasteiger partial charge on any atom is 0.314 e. The minimum absolute atomic E-state index is 0.00525. The molecule has 0 amide bonds. The first-order valence-electron chi connectivity index (χ1n) is 21.0. The standard InChI is InChI=1S/C15H22N2O8.C14H22N2O7.C11H18N2O7S/c1-10(3-5-12(16(22)23)8-14(18)19)7-11(2)4-6-13(17(24)25)9-15(20)21;1-9(4-5-12(15(20)21)8-14(18)19)6-10(2)13(16(22)23)7-11(3)17;1-6(14)4-9(12(17)18)7(2)21-8(3)10(13(19)20)5-11(15)16/h5-6,10-11H,3-4,7-9H2,1-2H3,(H,18,19)(H,20,21);5,9-10,13H,4,6-8H2,1-3H3,(H,18,19);7-10H,4-5H2,1-3H3,(H,15,16)/b12-5-,13-6-;12-5-;. The molecule has 0 heterocycles. The van der Waals surface area contributed by atoms with Crippen molar-refractivity contribution in [3.8, 4) is 0 Å². The predicted octanol–water partition coefficient (Wildman–Crippen LogP) is 6.24. The third kappa shape index (κ3) is 33.3. The zero-order valence-corrected chi connectivity index (χ0v) is 40.3. The monoisotopic (exact) mass is 1010 g/mol. The van der Waals surface area contributed by atoms with Crippen LogP contribution < -0.4 is 0 Å². The van der Waals surface area contributed by atoms with E-state index >= 15 is 0 Å². The molecular weight excluding hydrogens is 949 g/mol. The van der Waals surface area contributed by atoms with Gasteiger partial charge in [0.05, 0.1) is 38.1 Å². The van der Waals surface area contributed by atoms with E-state index in [4.69, 9.17) is 20.4 Å². The Labute approximate surface area is 399 Å². The Balaban J connectivity index is -0.000000951. The van der Waals surface area contributed by atoms with Crippen LogP contribution in [0.15, 0.2) is 35.3 Å². The molecule has 0 aliphatic rings. The van der Waals surface area contributed by atoms with Crippen LogP contribution in [-0.2, 0) is 28.8 Å². The van der Waals surface area contributed by atoms with Gasteiger partial charge in [-0.25, -0.2) is 0 Å². The van der Waals surface area contributed by atoms with Crippen molar-refractivity contribution in [3.63, 3.8) is 0 Å². The summed E-state index contributed by atoms with van der Waals surface area (Å²) in [5, 5.41) is 98.3. The molecule has 28 nitrogen and oxygen atoms in total. The van der Waals surface area contributed by atoms with Crippen LogP contribution in [0.5, 0.6) is 0 Å². The van der Waals surface area contributed by atoms with Gasteiger partial charge in [0.1, 0.15) is 37.2 Å². The Bertz CT molecular complexity index is 1850. The molecule has 390 valence electrons. The molecule has 0 saturated heterocycles. The van der Waals surface area contributed by atoms with Crippen LogP contribution in [0.4, 0.5) is 0 Å². The Hall–Kier alpha value is -6.81. The van der Waals surface area contributed by atoms with Gasteiger partial charge in [0, 0.05) is 20.7 Å². The summed E-state index contributed by atoms with van der Waals surface area (Å²) in [5.41, 5.74) is -1.14. The fraction of sp³-hybridized carbons (Fsp3) is 0.700. The first-order chi connectivity index (χ1) is 31.6. The van der Waals surface area contributed by atoms with E-state index < -0.39 is 113 Å². The zero-order valence-electron chi connectivity index (χ0n) is 39.4. The van der Waals surface area contributed by atoms with Crippen molar-refractivity contribution in [2.75, 3.05) is 0 Å². The average molecular weight is 1010 g/mol. The van der Waals surface area contributed by atoms with Crippen LogP contribution >= 0.6 is 11.8 Å². The SMILES string of the molecule is CC(=O)CC(C(C)CC(C)C/C=C(/CC(=O)O)[N+](=O)[O-])[N+](=O)[O-].CC(=O)CC(C(C)SC(C)C(CC(=O)O)[N+](=O)[O-])[N+](=O)[O-].CC(C/C=C(/CC(=O)O)[N+](=O)[O-])CC(C)C/C=C(/CC(=O)O)[N+](=O)[O-]. The minimum Gasteiger partial charge on any atom is -0.481 e. The van der Waals surface area contributed by atoms with Crippen molar-refractivity contribution in [3.05, 3.63) is 96.0 Å². The average Bonchev–Trinajstić information content (AvgIpc) is 3.18. The van der Waals surface area contributed by atoms with Gasteiger partial charge in [-0.2, -0.15) is 0 Å². The van der Waals surface area contributed by atoms with E-state index in [9.17, 15) is 89.5 Å². The maximum atomic E-state index is 11.1. The van der Waals surface area contributed by atoms with Crippen molar-refractivity contribution in [2.45, 2.75) is 155 Å². The molecule has 69 heavy (non-hydrogen) atoms. The van der Waals surface area contributed by atoms with Crippen LogP contribution in [0.1, 0.15) is 126 Å². The molecule has 0 fully saturated rings. The van der Waals surface area contributed by atoms with Gasteiger partial charge in [-0.3, -0.25) is 89.5 Å². The highest BCUT2D eigenvalue weighted by atomic mass is 32.2. The predicted molar refractivity (Wildman–Crippen MR) is 243 cm³/mol. The van der Waals surface area contributed by atoms with Crippen molar-refractivity contribution in [1.29, 1.82) is 0 Å². The van der Waals surface area contributed by atoms with Crippen molar-refractivity contribution < 1.29 is 78.7 Å². The highest BCUT2D eigenvalue weighted by molar-refractivity contribution is 8.00. The summed E-state index contributed by atoms with van der Waals surface area (Å²) < 4.78 is 0. The van der Waals surface area contributed by atoms with Crippen LogP contribution in [0.25, 0.3) is 0 Å². The van der Waals surface area contributed by atoms with Gasteiger partial charge < -0.3 is 20.4 Å². The van der Waals surface area contributed by atoms with E-state index in [0.29, 0.717) is 25.7 Å². The molecule has 0 rings (SSSR count). The number of thioether (sulfide) groups is 1. The second-order valence-electron chi connectivity index (χ2n) is 16.6. The fourth-order valence-corrected chi connectivity index (χ4v) is 7.90. The molecule has 29 heteroatoms. The first-order valence-corrected chi connectivity index (χ1v) is 22.0. The van der Waals surface area contributed by atoms with Gasteiger partial charge >= 0.3 is 23.9 Å². The second kappa shape index (κ2) is 34.5. The summed E-state index contributed by atoms with van der Waals surface area (Å²) in [6, 6.07) is -3.46. The number of nitro groups is 6. The smallest absolute Gasteiger partial charge is 0.314 e. The molecule has 0 aliphatic carbocycles. The summed E-state index contributed by atoms with van der Waals surface area (Å²) in [4.78, 5) is 126. The van der Waals surface area contributed by atoms with Gasteiger partial charge in [-0.1, -0.05) is 27.7 Å². The van der Waals surface area contributed by atoms with Crippen LogP contribution in [0.3, 0.4) is 0 Å². The first kappa shape index (κ1) is 66.5. The van der Waals surface area contributed by atoms with E-state index in [1.165, 1.54) is 45.9 Å². The van der Waals surface area contributed by atoms with Crippen LogP contribution in [-0.4, -0.2) is 114 Å². The lowest BCUT2D eigenvalue weighted by molar-refractivity contribution is -0.530. The Kier molecular flexibility index (Phi) is 33.2. The topological polar surface area (TPSA) is 442 Å². The molecule has 9 atom stereocenters. The molecule has 0 saturated carbocycles. The molecule has 4 N–H and O–H groups in total. The summed E-state index contributed by atoms with van der Waals surface area (Å²) in [6.07, 6.45) is 2.68. The van der Waals surface area contributed by atoms with Gasteiger partial charge in [-0.15, -0.1) is 11.8 Å². The number of carbonyl (C=O) groups is 6. The number of allylic oxidation sites excluding steroid dienone is 3. The highest BCUT2D eigenvalue weighted by Gasteiger charge is 2.37. The number of aliphatic carboxylic acids is 4. The van der Waals surface area contributed by atoms with Crippen LogP contribution in [0, 0.1) is 84.4 Å². The molecule has 0 aromatic rings. The molecule has 0 aromatic carbocycles. The largest absolute Gasteiger partial charge is 0.481 e. The molecule has 0 spiro atoms. The van der Waals surface area contributed by atoms with E-state index in [2.05, 4.69) is 0 Å². The number of hydrogen-bond donors (Lipinski definition) is 4. The Morgan fingerprint density at radius 3 is 0.971 bits per heavy atom. The fourth-order valence-electron chi connectivity index (χ4n) is 6.47. The summed E-state index contributed by atoms with van der Waals surface area (Å²) >= 11 is 0.957. The lowest BCUT2D eigenvalue weighted by Crippen LogP contribution is -2.37. The number of hydrogen-bond acceptors (Lipinski definition) is 19. The van der Waals surface area contributed by atoms with Crippen LogP contribution in [0.2, 0.25) is 0 Å². The third-order valence-corrected chi connectivity index (χ3v) is 11.4. The minimum atomic E-state index is -1.33. The molecular formula is C40H62N6O22S. The Morgan fingerprint density at radius 1 is 0.449 bits per heavy atom. The van der Waals surface area contributed by atoms with E-state index in [0.717, 1.165) is 11.8 Å². The normalized spacial score (nSPS) is 15.5. The summed E-state index contributed by atoms with van der Waals surface area (Å²) in [6.45, 7) is 12.6. The van der Waals surface area contributed by atoms with E-state index in [-0.39, 0.29) is 65.9 Å². The third-order valence-electron chi connectivity index (χ3n) is 9.91. The molecule has 0 bridgehead atoms. The van der Waals surface area contributed by atoms with Crippen molar-refractivity contribution in [2.24, 2.45) is 23.7 Å². The van der Waals surface area contributed by atoms with Crippen molar-refractivity contribution in [1.82, 2.24) is 0 Å². The quantitative estimate of drug-likeness (QED) is 0.0417. The van der Waals surface area contributed by atoms with E-state index in [1.54, 1.807) is 13.8 Å². The second-order valence-corrected chi connectivity index (χ2v) is 18.3. The van der Waals surface area contributed by atoms with Gasteiger partial charge in [0.25, 0.3) is 17.1 Å². The number of nitrogens with zero attached hydrogens (tertiary/aromatic N) is 6. The number of Topliss-reactive ketones (excluding diaryl/α,β-unsaturated/α-hetero) is 2.